The molecule has 1 heterocycles. The summed E-state index contributed by atoms with van der Waals surface area (Å²) in [6, 6.07) is 0. The molecular weight excluding hydrogens is 298 g/mol. The van der Waals surface area contributed by atoms with Gasteiger partial charge in [0.15, 0.2) is 0 Å². The van der Waals surface area contributed by atoms with Crippen molar-refractivity contribution < 1.29 is 23.4 Å². The number of aliphatic carboxylic acids is 1. The molecule has 21 heavy (non-hydrogen) atoms. The number of aliphatic hydroxyl groups excluding tert-OH is 1. The van der Waals surface area contributed by atoms with E-state index >= 15 is 0 Å². The summed E-state index contributed by atoms with van der Waals surface area (Å²) in [6.07, 6.45) is 3.17. The molecule has 0 aliphatic heterocycles. The van der Waals surface area contributed by atoms with Gasteiger partial charge in [0.2, 0.25) is 10.0 Å². The van der Waals surface area contributed by atoms with E-state index in [1.54, 1.807) is 6.92 Å². The molecule has 1 aromatic heterocycles. The van der Waals surface area contributed by atoms with Gasteiger partial charge in [0.05, 0.1) is 19.2 Å². The third kappa shape index (κ3) is 5.10. The summed E-state index contributed by atoms with van der Waals surface area (Å²) in [4.78, 5) is 10.5. The molecule has 1 aromatic rings. The summed E-state index contributed by atoms with van der Waals surface area (Å²) >= 11 is 0. The quantitative estimate of drug-likeness (QED) is 0.597. The summed E-state index contributed by atoms with van der Waals surface area (Å²) < 4.78 is 28.4. The summed E-state index contributed by atoms with van der Waals surface area (Å²) in [5.41, 5.74) is -0.739. The van der Waals surface area contributed by atoms with E-state index in [4.69, 9.17) is 10.2 Å². The Hall–Kier alpha value is -1.45. The van der Waals surface area contributed by atoms with Crippen LogP contribution in [0.15, 0.2) is 17.3 Å². The topological polar surface area (TPSA) is 122 Å². The lowest BCUT2D eigenvalue weighted by atomic mass is 9.97. The minimum atomic E-state index is -3.76. The van der Waals surface area contributed by atoms with E-state index in [1.807, 2.05) is 6.92 Å². The van der Waals surface area contributed by atoms with Gasteiger partial charge < -0.3 is 10.2 Å². The average Bonchev–Trinajstić information content (AvgIpc) is 2.85. The zero-order valence-corrected chi connectivity index (χ0v) is 12.9. The van der Waals surface area contributed by atoms with Crippen molar-refractivity contribution in [3.63, 3.8) is 0 Å². The standard InChI is InChI=1S/C12H21N3O5S/c1-3-12(2,5-7-16)14-21(19,20)10-8-13-15(9-10)6-4-11(17)18/h8-9,14,16H,3-7H2,1-2H3,(H,17,18). The first-order valence-corrected chi connectivity index (χ1v) is 8.10. The van der Waals surface area contributed by atoms with Crippen molar-refractivity contribution in [3.8, 4) is 0 Å². The molecule has 0 bridgehead atoms. The molecule has 1 atom stereocenters. The highest BCUT2D eigenvalue weighted by Gasteiger charge is 2.29. The predicted octanol–water partition coefficient (Wildman–Crippen LogP) is 0.187. The number of aliphatic hydroxyl groups is 1. The van der Waals surface area contributed by atoms with Gasteiger partial charge in [-0.2, -0.15) is 5.10 Å². The monoisotopic (exact) mass is 319 g/mol. The third-order valence-corrected chi connectivity index (χ3v) is 4.89. The lowest BCUT2D eigenvalue weighted by molar-refractivity contribution is -0.137. The number of hydrogen-bond donors (Lipinski definition) is 3. The number of aryl methyl sites for hydroxylation is 1. The van der Waals surface area contributed by atoms with Crippen molar-refractivity contribution in [1.82, 2.24) is 14.5 Å². The smallest absolute Gasteiger partial charge is 0.305 e. The minimum Gasteiger partial charge on any atom is -0.481 e. The highest BCUT2D eigenvalue weighted by molar-refractivity contribution is 7.89. The van der Waals surface area contributed by atoms with Crippen LogP contribution in [0.2, 0.25) is 0 Å². The molecule has 9 heteroatoms. The van der Waals surface area contributed by atoms with Crippen molar-refractivity contribution in [1.29, 1.82) is 0 Å². The first-order valence-electron chi connectivity index (χ1n) is 6.61. The molecule has 0 amide bonds. The molecule has 0 saturated heterocycles. The Bertz CT molecular complexity index is 583. The molecule has 0 spiro atoms. The fraction of sp³-hybridized carbons (Fsp3) is 0.667. The average molecular weight is 319 g/mol. The van der Waals surface area contributed by atoms with Crippen LogP contribution in [-0.2, 0) is 21.4 Å². The van der Waals surface area contributed by atoms with E-state index in [9.17, 15) is 13.2 Å². The molecule has 0 fully saturated rings. The van der Waals surface area contributed by atoms with Gasteiger partial charge >= 0.3 is 5.97 Å². The van der Waals surface area contributed by atoms with Gasteiger partial charge in [-0.1, -0.05) is 6.92 Å². The SMILES string of the molecule is CCC(C)(CCO)NS(=O)(=O)c1cnn(CCC(=O)O)c1. The van der Waals surface area contributed by atoms with E-state index in [0.29, 0.717) is 12.8 Å². The van der Waals surface area contributed by atoms with Gasteiger partial charge in [-0.05, 0) is 19.8 Å². The first-order chi connectivity index (χ1) is 9.72. The normalized spacial score (nSPS) is 14.8. The second kappa shape index (κ2) is 7.01. The Morgan fingerprint density at radius 1 is 1.52 bits per heavy atom. The number of nitrogens with zero attached hydrogens (tertiary/aromatic N) is 2. The zero-order chi connectivity index (χ0) is 16.1. The molecule has 0 aliphatic rings. The number of nitrogens with one attached hydrogen (secondary N) is 1. The van der Waals surface area contributed by atoms with Crippen LogP contribution in [0.25, 0.3) is 0 Å². The fourth-order valence-corrected chi connectivity index (χ4v) is 3.21. The molecule has 0 aliphatic carbocycles. The molecule has 0 saturated carbocycles. The largest absolute Gasteiger partial charge is 0.481 e. The van der Waals surface area contributed by atoms with E-state index in [1.165, 1.54) is 17.1 Å². The maximum atomic E-state index is 12.3. The van der Waals surface area contributed by atoms with Crippen molar-refractivity contribution in [2.75, 3.05) is 6.61 Å². The van der Waals surface area contributed by atoms with Crippen LogP contribution in [0, 0.1) is 0 Å². The van der Waals surface area contributed by atoms with Crippen LogP contribution in [-0.4, -0.2) is 46.5 Å². The number of carboxylic acids is 1. The minimum absolute atomic E-state index is 0.0227. The molecule has 0 radical (unpaired) electrons. The lowest BCUT2D eigenvalue weighted by Gasteiger charge is -2.28. The number of aromatic nitrogens is 2. The zero-order valence-electron chi connectivity index (χ0n) is 12.1. The highest BCUT2D eigenvalue weighted by atomic mass is 32.2. The van der Waals surface area contributed by atoms with Crippen molar-refractivity contribution in [2.45, 2.75) is 50.1 Å². The summed E-state index contributed by atoms with van der Waals surface area (Å²) in [6.45, 7) is 3.53. The van der Waals surface area contributed by atoms with Gasteiger partial charge in [0, 0.05) is 18.3 Å². The molecule has 120 valence electrons. The maximum Gasteiger partial charge on any atom is 0.305 e. The second-order valence-electron chi connectivity index (χ2n) is 5.08. The van der Waals surface area contributed by atoms with E-state index in [0.717, 1.165) is 0 Å². The Morgan fingerprint density at radius 2 is 2.19 bits per heavy atom. The molecule has 8 nitrogen and oxygen atoms in total. The number of carboxylic acid groups (broad SMARTS) is 1. The second-order valence-corrected chi connectivity index (χ2v) is 6.76. The Labute approximate surface area is 123 Å². The van der Waals surface area contributed by atoms with Crippen molar-refractivity contribution in [3.05, 3.63) is 12.4 Å². The van der Waals surface area contributed by atoms with E-state index in [2.05, 4.69) is 9.82 Å². The number of rotatable bonds is 9. The van der Waals surface area contributed by atoms with Crippen LogP contribution in [0.1, 0.15) is 33.1 Å². The number of carbonyl (C=O) groups is 1. The number of hydrogen-bond acceptors (Lipinski definition) is 5. The van der Waals surface area contributed by atoms with Gasteiger partial charge in [0.25, 0.3) is 0 Å². The number of sulfonamides is 1. The molecule has 1 unspecified atom stereocenters. The van der Waals surface area contributed by atoms with Crippen molar-refractivity contribution in [2.24, 2.45) is 0 Å². The van der Waals surface area contributed by atoms with E-state index < -0.39 is 21.5 Å². The summed E-state index contributed by atoms with van der Waals surface area (Å²) in [5.74, 6) is -0.977. The summed E-state index contributed by atoms with van der Waals surface area (Å²) in [7, 11) is -3.76. The van der Waals surface area contributed by atoms with Crippen LogP contribution in [0.3, 0.4) is 0 Å². The van der Waals surface area contributed by atoms with Crippen molar-refractivity contribution >= 4 is 16.0 Å². The Morgan fingerprint density at radius 3 is 2.71 bits per heavy atom. The third-order valence-electron chi connectivity index (χ3n) is 3.30. The molecule has 0 aromatic carbocycles. The predicted molar refractivity (Wildman–Crippen MR) is 75.2 cm³/mol. The molecule has 3 N–H and O–H groups in total. The van der Waals surface area contributed by atoms with Gasteiger partial charge in [-0.15, -0.1) is 0 Å². The Kier molecular flexibility index (Phi) is 5.87. The van der Waals surface area contributed by atoms with Crippen LogP contribution in [0.4, 0.5) is 0 Å². The molecular formula is C12H21N3O5S. The first kappa shape index (κ1) is 17.6. The maximum absolute atomic E-state index is 12.3. The highest BCUT2D eigenvalue weighted by Crippen LogP contribution is 2.18. The Balaban J connectivity index is 2.85. The van der Waals surface area contributed by atoms with Crippen LogP contribution >= 0.6 is 0 Å². The van der Waals surface area contributed by atoms with Gasteiger partial charge in [0.1, 0.15) is 4.90 Å². The van der Waals surface area contributed by atoms with E-state index in [-0.39, 0.29) is 24.5 Å². The fourth-order valence-electron chi connectivity index (χ4n) is 1.75. The van der Waals surface area contributed by atoms with Crippen LogP contribution in [0.5, 0.6) is 0 Å². The van der Waals surface area contributed by atoms with Gasteiger partial charge in [-0.3, -0.25) is 9.48 Å². The van der Waals surface area contributed by atoms with Crippen LogP contribution < -0.4 is 4.72 Å². The summed E-state index contributed by atoms with van der Waals surface area (Å²) in [5, 5.41) is 21.5. The van der Waals surface area contributed by atoms with Gasteiger partial charge in [-0.25, -0.2) is 13.1 Å². The lowest BCUT2D eigenvalue weighted by Crippen LogP contribution is -2.45. The molecule has 1 rings (SSSR count).